The van der Waals surface area contributed by atoms with E-state index in [-0.39, 0.29) is 24.0 Å². The molecule has 2 heteroatoms. The summed E-state index contributed by atoms with van der Waals surface area (Å²) in [6.07, 6.45) is 22.1. The molecule has 0 N–H and O–H groups in total. The lowest BCUT2D eigenvalue weighted by Crippen LogP contribution is -3.00. The maximum atomic E-state index is 2.47. The number of rotatable bonds is 15. The molecule has 0 fully saturated rings. The summed E-state index contributed by atoms with van der Waals surface area (Å²) in [5.41, 5.74) is 0. The predicted molar refractivity (Wildman–Crippen MR) is 99.9 cm³/mol. The monoisotopic (exact) mass is 428 g/mol. The minimum absolute atomic E-state index is 0. The van der Waals surface area contributed by atoms with Gasteiger partial charge < -0.3 is 24.0 Å². The second-order valence-electron chi connectivity index (χ2n) is 7.61. The highest BCUT2D eigenvalue weighted by Gasteiger charge is 2.15. The van der Waals surface area contributed by atoms with E-state index < -0.39 is 7.26 Å². The number of halogens is 1. The molecule has 0 aromatic carbocycles. The summed E-state index contributed by atoms with van der Waals surface area (Å²) in [6.45, 7) is 9.70. The van der Waals surface area contributed by atoms with Crippen molar-refractivity contribution < 1.29 is 24.0 Å². The zero-order valence-corrected chi connectivity index (χ0v) is 18.5. The van der Waals surface area contributed by atoms with Gasteiger partial charge in [0, 0.05) is 27.3 Å². The minimum atomic E-state index is -0.500. The van der Waals surface area contributed by atoms with Gasteiger partial charge in [-0.25, -0.2) is 0 Å². The molecule has 21 heavy (non-hydrogen) atoms. The lowest BCUT2D eigenvalue weighted by atomic mass is 10.0. The van der Waals surface area contributed by atoms with Crippen LogP contribution in [-0.4, -0.2) is 26.2 Å². The van der Waals surface area contributed by atoms with E-state index in [4.69, 9.17) is 0 Å². The van der Waals surface area contributed by atoms with Gasteiger partial charge in [-0.05, 0) is 12.8 Å². The normalized spacial score (nSPS) is 11.4. The molecule has 0 bridgehead atoms. The van der Waals surface area contributed by atoms with Crippen molar-refractivity contribution in [1.29, 1.82) is 0 Å². The molecule has 0 radical (unpaired) electrons. The number of unbranched alkanes of at least 4 members (excludes halogenated alkanes) is 13. The molecule has 0 saturated carbocycles. The Hall–Kier alpha value is 1.16. The van der Waals surface area contributed by atoms with Crippen LogP contribution in [0.15, 0.2) is 0 Å². The third-order valence-electron chi connectivity index (χ3n) is 4.18. The molecule has 0 nitrogen and oxygen atoms in total. The first-order valence-corrected chi connectivity index (χ1v) is 12.7. The summed E-state index contributed by atoms with van der Waals surface area (Å²) in [5.74, 6) is 0. The quantitative estimate of drug-likeness (QED) is 0.206. The second-order valence-corrected chi connectivity index (χ2v) is 12.6. The van der Waals surface area contributed by atoms with Crippen LogP contribution in [0.25, 0.3) is 0 Å². The van der Waals surface area contributed by atoms with Crippen LogP contribution in [0.5, 0.6) is 0 Å². The molecule has 0 aromatic heterocycles. The van der Waals surface area contributed by atoms with E-state index in [1.807, 2.05) is 0 Å². The summed E-state index contributed by atoms with van der Waals surface area (Å²) < 4.78 is 0. The SMILES string of the molecule is CCCCCCCCCCCCCCCC[P+](C)(C)C.[I-]. The lowest BCUT2D eigenvalue weighted by molar-refractivity contribution is -0.00000477. The van der Waals surface area contributed by atoms with Gasteiger partial charge in [0.1, 0.15) is 0 Å². The average molecular weight is 428 g/mol. The molecule has 0 amide bonds. The lowest BCUT2D eigenvalue weighted by Gasteiger charge is -2.10. The summed E-state index contributed by atoms with van der Waals surface area (Å²) >= 11 is 0. The van der Waals surface area contributed by atoms with Crippen LogP contribution in [0.2, 0.25) is 0 Å². The maximum Gasteiger partial charge on any atom is 0.0586 e. The fourth-order valence-electron chi connectivity index (χ4n) is 2.78. The number of hydrogen-bond acceptors (Lipinski definition) is 0. The van der Waals surface area contributed by atoms with Gasteiger partial charge in [-0.15, -0.1) is 0 Å². The maximum absolute atomic E-state index is 2.47. The standard InChI is InChI=1S/C19H42P.HI/c1-5-6-7-8-9-10-11-12-13-14-15-16-17-18-19-20(2,3)4;/h5-19H2,1-4H3;1H/q+1;/p-1. The molecule has 0 aliphatic heterocycles. The van der Waals surface area contributed by atoms with Crippen molar-refractivity contribution in [3.8, 4) is 0 Å². The van der Waals surface area contributed by atoms with Crippen molar-refractivity contribution in [2.24, 2.45) is 0 Å². The van der Waals surface area contributed by atoms with Crippen LogP contribution in [0, 0.1) is 0 Å². The topological polar surface area (TPSA) is 0 Å². The van der Waals surface area contributed by atoms with Gasteiger partial charge in [0.05, 0.1) is 6.16 Å². The van der Waals surface area contributed by atoms with Gasteiger partial charge in [-0.2, -0.15) is 0 Å². The third-order valence-corrected chi connectivity index (χ3v) is 5.84. The fourth-order valence-corrected chi connectivity index (χ4v) is 3.95. The highest BCUT2D eigenvalue weighted by atomic mass is 127. The Labute approximate surface area is 154 Å². The largest absolute Gasteiger partial charge is 1.00 e. The van der Waals surface area contributed by atoms with Gasteiger partial charge in [0.15, 0.2) is 0 Å². The van der Waals surface area contributed by atoms with Crippen LogP contribution in [0.3, 0.4) is 0 Å². The molecule has 0 spiro atoms. The van der Waals surface area contributed by atoms with Gasteiger partial charge >= 0.3 is 0 Å². The minimum Gasteiger partial charge on any atom is -1.00 e. The van der Waals surface area contributed by atoms with Gasteiger partial charge in [0.2, 0.25) is 0 Å². The van der Waals surface area contributed by atoms with E-state index in [1.165, 1.54) is 96.1 Å². The molecule has 130 valence electrons. The third kappa shape index (κ3) is 23.6. The highest BCUT2D eigenvalue weighted by molar-refractivity contribution is 7.73. The molecule has 0 heterocycles. The zero-order chi connectivity index (χ0) is 15.1. The zero-order valence-electron chi connectivity index (χ0n) is 15.4. The van der Waals surface area contributed by atoms with E-state index in [1.54, 1.807) is 0 Å². The first-order chi connectivity index (χ1) is 9.56. The van der Waals surface area contributed by atoms with Crippen LogP contribution in [-0.2, 0) is 0 Å². The Kier molecular flexibility index (Phi) is 20.4. The van der Waals surface area contributed by atoms with Crippen molar-refractivity contribution in [2.45, 2.75) is 96.8 Å². The van der Waals surface area contributed by atoms with Gasteiger partial charge in [0.25, 0.3) is 0 Å². The van der Waals surface area contributed by atoms with Gasteiger partial charge in [-0.1, -0.05) is 84.0 Å². The van der Waals surface area contributed by atoms with E-state index in [2.05, 4.69) is 26.9 Å². The van der Waals surface area contributed by atoms with E-state index in [9.17, 15) is 0 Å². The highest BCUT2D eigenvalue weighted by Crippen LogP contribution is 2.47. The molecular formula is C19H42IP. The fraction of sp³-hybridized carbons (Fsp3) is 1.00. The molecular weight excluding hydrogens is 386 g/mol. The van der Waals surface area contributed by atoms with Crippen molar-refractivity contribution >= 4 is 7.26 Å². The molecule has 0 saturated heterocycles. The first-order valence-electron chi connectivity index (χ1n) is 9.36. The van der Waals surface area contributed by atoms with E-state index >= 15 is 0 Å². The molecule has 0 aromatic rings. The van der Waals surface area contributed by atoms with E-state index in [0.717, 1.165) is 0 Å². The average Bonchev–Trinajstić information content (AvgIpc) is 2.38. The molecule has 0 unspecified atom stereocenters. The molecule has 0 aliphatic carbocycles. The number of hydrogen-bond donors (Lipinski definition) is 0. The van der Waals surface area contributed by atoms with Crippen LogP contribution in [0.4, 0.5) is 0 Å². The summed E-state index contributed by atoms with van der Waals surface area (Å²) in [4.78, 5) is 0. The second kappa shape index (κ2) is 17.5. The van der Waals surface area contributed by atoms with Crippen LogP contribution < -0.4 is 24.0 Å². The van der Waals surface area contributed by atoms with E-state index in [0.29, 0.717) is 0 Å². The Morgan fingerprint density at radius 3 is 1.05 bits per heavy atom. The summed E-state index contributed by atoms with van der Waals surface area (Å²) in [6, 6.07) is 0. The van der Waals surface area contributed by atoms with Crippen LogP contribution >= 0.6 is 7.26 Å². The molecule has 0 aliphatic rings. The Morgan fingerprint density at radius 2 is 0.762 bits per heavy atom. The molecule has 0 rings (SSSR count). The smallest absolute Gasteiger partial charge is 0.0586 e. The predicted octanol–water partition coefficient (Wildman–Crippen LogP) is 4.38. The molecule has 0 atom stereocenters. The van der Waals surface area contributed by atoms with Crippen molar-refractivity contribution in [3.05, 3.63) is 0 Å². The first kappa shape index (κ1) is 24.4. The van der Waals surface area contributed by atoms with Crippen molar-refractivity contribution in [3.63, 3.8) is 0 Å². The Morgan fingerprint density at radius 1 is 0.476 bits per heavy atom. The van der Waals surface area contributed by atoms with Gasteiger partial charge in [-0.3, -0.25) is 0 Å². The summed E-state index contributed by atoms with van der Waals surface area (Å²) in [7, 11) is -0.500. The van der Waals surface area contributed by atoms with Crippen LogP contribution in [0.1, 0.15) is 96.8 Å². The van der Waals surface area contributed by atoms with Crippen molar-refractivity contribution in [1.82, 2.24) is 0 Å². The Balaban J connectivity index is 0. The van der Waals surface area contributed by atoms with Crippen molar-refractivity contribution in [2.75, 3.05) is 26.2 Å². The Bertz CT molecular complexity index is 186. The summed E-state index contributed by atoms with van der Waals surface area (Å²) in [5, 5.41) is 0.